The van der Waals surface area contributed by atoms with Crippen LogP contribution in [0, 0.1) is 0 Å². The van der Waals surface area contributed by atoms with Crippen molar-refractivity contribution < 1.29 is 14.6 Å². The Hall–Kier alpha value is -0.970. The summed E-state index contributed by atoms with van der Waals surface area (Å²) >= 11 is 5.95. The van der Waals surface area contributed by atoms with Gasteiger partial charge in [0, 0.05) is 5.56 Å². The number of ether oxygens (including phenoxy) is 2. The first-order chi connectivity index (χ1) is 7.24. The molecule has 1 aliphatic rings. The summed E-state index contributed by atoms with van der Waals surface area (Å²) < 4.78 is 10.9. The van der Waals surface area contributed by atoms with E-state index >= 15 is 0 Å². The minimum absolute atomic E-state index is 0.141. The quantitative estimate of drug-likeness (QED) is 0.797. The number of rotatable bonds is 2. The molecule has 2 rings (SSSR count). The minimum Gasteiger partial charge on any atom is -0.486 e. The molecule has 1 atom stereocenters. The van der Waals surface area contributed by atoms with E-state index in [-0.39, 0.29) is 6.61 Å². The van der Waals surface area contributed by atoms with E-state index in [4.69, 9.17) is 31.9 Å². The number of aliphatic hydroxyl groups excluding tert-OH is 1. The Bertz CT molecular complexity index is 370. The smallest absolute Gasteiger partial charge is 0.180 e. The fourth-order valence-corrected chi connectivity index (χ4v) is 1.72. The molecule has 15 heavy (non-hydrogen) atoms. The van der Waals surface area contributed by atoms with Crippen LogP contribution in [0.5, 0.6) is 11.5 Å². The third-order valence-corrected chi connectivity index (χ3v) is 2.56. The van der Waals surface area contributed by atoms with E-state index in [1.165, 1.54) is 0 Å². The zero-order chi connectivity index (χ0) is 10.8. The molecule has 0 aromatic heterocycles. The first-order valence-electron chi connectivity index (χ1n) is 4.68. The van der Waals surface area contributed by atoms with Gasteiger partial charge in [-0.05, 0) is 6.07 Å². The summed E-state index contributed by atoms with van der Waals surface area (Å²) in [5.74, 6) is 1.07. The molecular weight excluding hydrogens is 218 g/mol. The van der Waals surface area contributed by atoms with Crippen molar-refractivity contribution in [1.82, 2.24) is 0 Å². The van der Waals surface area contributed by atoms with Gasteiger partial charge in [-0.2, -0.15) is 0 Å². The lowest BCUT2D eigenvalue weighted by Gasteiger charge is -2.23. The largest absolute Gasteiger partial charge is 0.486 e. The normalized spacial score (nSPS) is 16.2. The fourth-order valence-electron chi connectivity index (χ4n) is 1.52. The zero-order valence-electron chi connectivity index (χ0n) is 8.07. The van der Waals surface area contributed by atoms with Gasteiger partial charge in [0.15, 0.2) is 11.5 Å². The van der Waals surface area contributed by atoms with Crippen molar-refractivity contribution in [2.45, 2.75) is 6.04 Å². The Morgan fingerprint density at radius 2 is 2.00 bits per heavy atom. The number of hydrogen-bond acceptors (Lipinski definition) is 4. The molecule has 0 fully saturated rings. The van der Waals surface area contributed by atoms with E-state index in [9.17, 15) is 0 Å². The highest BCUT2D eigenvalue weighted by atomic mass is 35.5. The van der Waals surface area contributed by atoms with Crippen LogP contribution < -0.4 is 15.2 Å². The second kappa shape index (κ2) is 4.26. The standard InChI is InChI=1S/C10H12ClNO3/c11-7-2-1-6(8(12)5-13)9-10(7)15-4-3-14-9/h1-2,8,13H,3-5,12H2. The summed E-state index contributed by atoms with van der Waals surface area (Å²) in [5, 5.41) is 9.50. The van der Waals surface area contributed by atoms with E-state index in [1.807, 2.05) is 0 Å². The topological polar surface area (TPSA) is 64.7 Å². The Morgan fingerprint density at radius 1 is 1.33 bits per heavy atom. The van der Waals surface area contributed by atoms with Crippen LogP contribution in [-0.2, 0) is 0 Å². The van der Waals surface area contributed by atoms with Gasteiger partial charge in [0.2, 0.25) is 0 Å². The monoisotopic (exact) mass is 229 g/mol. The van der Waals surface area contributed by atoms with Crippen LogP contribution in [0.3, 0.4) is 0 Å². The molecule has 0 amide bonds. The van der Waals surface area contributed by atoms with E-state index in [0.717, 1.165) is 5.56 Å². The summed E-state index contributed by atoms with van der Waals surface area (Å²) in [5.41, 5.74) is 6.46. The van der Waals surface area contributed by atoms with Gasteiger partial charge in [-0.15, -0.1) is 0 Å². The average molecular weight is 230 g/mol. The molecule has 0 radical (unpaired) electrons. The van der Waals surface area contributed by atoms with Crippen LogP contribution in [0.4, 0.5) is 0 Å². The number of aliphatic hydroxyl groups is 1. The van der Waals surface area contributed by atoms with Gasteiger partial charge in [-0.3, -0.25) is 0 Å². The lowest BCUT2D eigenvalue weighted by Crippen LogP contribution is -2.21. The first kappa shape index (κ1) is 10.5. The summed E-state index contributed by atoms with van der Waals surface area (Å²) in [6, 6.07) is 2.97. The van der Waals surface area contributed by atoms with Gasteiger partial charge in [0.1, 0.15) is 13.2 Å². The molecule has 5 heteroatoms. The molecule has 0 aliphatic carbocycles. The van der Waals surface area contributed by atoms with Crippen molar-refractivity contribution in [2.24, 2.45) is 5.73 Å². The molecule has 1 heterocycles. The van der Waals surface area contributed by atoms with Crippen molar-refractivity contribution in [3.8, 4) is 11.5 Å². The first-order valence-corrected chi connectivity index (χ1v) is 5.06. The third kappa shape index (κ3) is 1.88. The van der Waals surface area contributed by atoms with Crippen LogP contribution in [0.2, 0.25) is 5.02 Å². The predicted octanol–water partition coefficient (Wildman–Crippen LogP) is 1.10. The molecule has 1 aromatic rings. The second-order valence-corrected chi connectivity index (χ2v) is 3.69. The van der Waals surface area contributed by atoms with Crippen LogP contribution in [0.1, 0.15) is 11.6 Å². The van der Waals surface area contributed by atoms with Gasteiger partial charge < -0.3 is 20.3 Å². The van der Waals surface area contributed by atoms with E-state index in [2.05, 4.69) is 0 Å². The highest BCUT2D eigenvalue weighted by Crippen LogP contribution is 2.41. The SMILES string of the molecule is NC(CO)c1ccc(Cl)c2c1OCCO2. The highest BCUT2D eigenvalue weighted by Gasteiger charge is 2.22. The van der Waals surface area contributed by atoms with Gasteiger partial charge in [-0.25, -0.2) is 0 Å². The Labute approximate surface area is 92.5 Å². The highest BCUT2D eigenvalue weighted by molar-refractivity contribution is 6.32. The van der Waals surface area contributed by atoms with Gasteiger partial charge in [0.25, 0.3) is 0 Å². The van der Waals surface area contributed by atoms with Gasteiger partial charge in [0.05, 0.1) is 17.7 Å². The number of fused-ring (bicyclic) bond motifs is 1. The van der Waals surface area contributed by atoms with Gasteiger partial charge in [-0.1, -0.05) is 17.7 Å². The predicted molar refractivity (Wildman–Crippen MR) is 56.5 cm³/mol. The van der Waals surface area contributed by atoms with Crippen molar-refractivity contribution >= 4 is 11.6 Å². The Balaban J connectivity index is 2.48. The lowest BCUT2D eigenvalue weighted by molar-refractivity contribution is 0.167. The molecule has 0 spiro atoms. The Morgan fingerprint density at radius 3 is 2.67 bits per heavy atom. The molecule has 4 nitrogen and oxygen atoms in total. The second-order valence-electron chi connectivity index (χ2n) is 3.28. The summed E-state index contributed by atoms with van der Waals surface area (Å²) in [4.78, 5) is 0. The summed E-state index contributed by atoms with van der Waals surface area (Å²) in [6.07, 6.45) is 0. The summed E-state index contributed by atoms with van der Waals surface area (Å²) in [6.45, 7) is 0.806. The fraction of sp³-hybridized carbons (Fsp3) is 0.400. The molecule has 82 valence electrons. The minimum atomic E-state index is -0.474. The molecule has 1 aromatic carbocycles. The summed E-state index contributed by atoms with van der Waals surface area (Å²) in [7, 11) is 0. The van der Waals surface area contributed by atoms with Crippen molar-refractivity contribution in [3.05, 3.63) is 22.7 Å². The maximum absolute atomic E-state index is 9.00. The van der Waals surface area contributed by atoms with Crippen LogP contribution in [-0.4, -0.2) is 24.9 Å². The van der Waals surface area contributed by atoms with Crippen LogP contribution in [0.25, 0.3) is 0 Å². The molecule has 3 N–H and O–H groups in total. The maximum Gasteiger partial charge on any atom is 0.180 e. The number of halogens is 1. The maximum atomic E-state index is 9.00. The lowest BCUT2D eigenvalue weighted by atomic mass is 10.1. The third-order valence-electron chi connectivity index (χ3n) is 2.27. The molecule has 0 bridgehead atoms. The van der Waals surface area contributed by atoms with Crippen LogP contribution >= 0.6 is 11.6 Å². The molecule has 0 saturated heterocycles. The molecule has 1 aliphatic heterocycles. The molecular formula is C10H12ClNO3. The molecule has 1 unspecified atom stereocenters. The van der Waals surface area contributed by atoms with E-state index in [1.54, 1.807) is 12.1 Å². The van der Waals surface area contributed by atoms with Crippen LogP contribution in [0.15, 0.2) is 12.1 Å². The van der Waals surface area contributed by atoms with E-state index < -0.39 is 6.04 Å². The zero-order valence-corrected chi connectivity index (χ0v) is 8.83. The van der Waals surface area contributed by atoms with Crippen molar-refractivity contribution in [2.75, 3.05) is 19.8 Å². The number of nitrogens with two attached hydrogens (primary N) is 1. The van der Waals surface area contributed by atoms with Gasteiger partial charge >= 0.3 is 0 Å². The number of benzene rings is 1. The molecule has 0 saturated carbocycles. The average Bonchev–Trinajstić information content (AvgIpc) is 2.29. The number of hydrogen-bond donors (Lipinski definition) is 2. The Kier molecular flexibility index (Phi) is 3.00. The van der Waals surface area contributed by atoms with E-state index in [0.29, 0.717) is 29.7 Å². The van der Waals surface area contributed by atoms with Crippen molar-refractivity contribution in [1.29, 1.82) is 0 Å². The van der Waals surface area contributed by atoms with Crippen molar-refractivity contribution in [3.63, 3.8) is 0 Å².